The highest BCUT2D eigenvalue weighted by molar-refractivity contribution is 5.06. The van der Waals surface area contributed by atoms with Gasteiger partial charge in [0.05, 0.1) is 0 Å². The molecular weight excluding hydrogens is 150 g/mol. The van der Waals surface area contributed by atoms with E-state index in [9.17, 15) is 8.78 Å². The smallest absolute Gasteiger partial charge is 0.251 e. The van der Waals surface area contributed by atoms with Crippen LogP contribution in [0.5, 0.6) is 0 Å². The molecule has 0 saturated heterocycles. The van der Waals surface area contributed by atoms with Crippen molar-refractivity contribution in [3.63, 3.8) is 0 Å². The summed E-state index contributed by atoms with van der Waals surface area (Å²) in [6.07, 6.45) is -0.0886. The van der Waals surface area contributed by atoms with Crippen LogP contribution in [-0.2, 0) is 0 Å². The van der Waals surface area contributed by atoms with Gasteiger partial charge in [-0.3, -0.25) is 0 Å². The van der Waals surface area contributed by atoms with Gasteiger partial charge >= 0.3 is 0 Å². The van der Waals surface area contributed by atoms with Crippen LogP contribution in [0.3, 0.4) is 0 Å². The van der Waals surface area contributed by atoms with E-state index < -0.39 is 5.92 Å². The molecule has 2 N–H and O–H groups in total. The molecule has 0 unspecified atom stereocenters. The molecule has 1 aliphatic rings. The lowest BCUT2D eigenvalue weighted by atomic mass is 9.73. The van der Waals surface area contributed by atoms with Crippen LogP contribution in [0.1, 0.15) is 12.8 Å². The topological polar surface area (TPSA) is 24.1 Å². The quantitative estimate of drug-likeness (QED) is 0.638. The second-order valence-electron chi connectivity index (χ2n) is 3.27. The summed E-state index contributed by atoms with van der Waals surface area (Å²) in [5.74, 6) is -2.44. The van der Waals surface area contributed by atoms with E-state index in [0.717, 1.165) is 0 Å². The maximum Gasteiger partial charge on any atom is 0.251 e. The molecule has 1 saturated carbocycles. The predicted molar refractivity (Wildman–Crippen MR) is 39.9 cm³/mol. The van der Waals surface area contributed by atoms with Crippen molar-refractivity contribution in [3.05, 3.63) is 0 Å². The van der Waals surface area contributed by atoms with Gasteiger partial charge in [-0.15, -0.1) is 0 Å². The van der Waals surface area contributed by atoms with Gasteiger partial charge in [-0.1, -0.05) is 0 Å². The number of nitrogens with one attached hydrogen (secondary N) is 2. The average Bonchev–Trinajstić information content (AvgIpc) is 1.84. The number of hydrogen-bond acceptors (Lipinski definition) is 2. The Kier molecular flexibility index (Phi) is 2.16. The van der Waals surface area contributed by atoms with Crippen molar-refractivity contribution < 1.29 is 8.78 Å². The number of halogens is 2. The maximum absolute atomic E-state index is 12.5. The standard InChI is InChI=1S/C7H14F2N2/c1-10-5-6(11-2)3-7(8,9)4-6/h10-11H,3-5H2,1-2H3. The average molecular weight is 164 g/mol. The van der Waals surface area contributed by atoms with E-state index in [1.54, 1.807) is 14.1 Å². The molecule has 0 radical (unpaired) electrons. The molecule has 0 aromatic heterocycles. The fourth-order valence-electron chi connectivity index (χ4n) is 1.67. The third-order valence-electron chi connectivity index (χ3n) is 2.24. The maximum atomic E-state index is 12.5. The first kappa shape index (κ1) is 8.87. The zero-order valence-corrected chi connectivity index (χ0v) is 6.88. The molecule has 1 aliphatic carbocycles. The Morgan fingerprint density at radius 1 is 1.27 bits per heavy atom. The van der Waals surface area contributed by atoms with Crippen molar-refractivity contribution in [2.75, 3.05) is 20.6 Å². The van der Waals surface area contributed by atoms with Crippen molar-refractivity contribution in [2.45, 2.75) is 24.3 Å². The monoisotopic (exact) mass is 164 g/mol. The molecule has 4 heteroatoms. The normalized spacial score (nSPS) is 26.2. The Balaban J connectivity index is 2.43. The summed E-state index contributed by atoms with van der Waals surface area (Å²) in [6.45, 7) is 0.610. The van der Waals surface area contributed by atoms with Crippen LogP contribution in [0.4, 0.5) is 8.78 Å². The van der Waals surface area contributed by atoms with E-state index in [-0.39, 0.29) is 18.4 Å². The minimum absolute atomic E-state index is 0.0443. The Morgan fingerprint density at radius 2 is 1.82 bits per heavy atom. The van der Waals surface area contributed by atoms with Gasteiger partial charge in [-0.2, -0.15) is 0 Å². The number of alkyl halides is 2. The fraction of sp³-hybridized carbons (Fsp3) is 1.00. The summed E-state index contributed by atoms with van der Waals surface area (Å²) in [6, 6.07) is 0. The Morgan fingerprint density at radius 3 is 2.09 bits per heavy atom. The van der Waals surface area contributed by atoms with Crippen LogP contribution in [0.15, 0.2) is 0 Å². The van der Waals surface area contributed by atoms with Crippen LogP contribution >= 0.6 is 0 Å². The van der Waals surface area contributed by atoms with E-state index >= 15 is 0 Å². The molecule has 0 aromatic rings. The van der Waals surface area contributed by atoms with Gasteiger partial charge in [0.25, 0.3) is 5.92 Å². The van der Waals surface area contributed by atoms with Crippen LogP contribution < -0.4 is 10.6 Å². The zero-order valence-electron chi connectivity index (χ0n) is 6.88. The highest BCUT2D eigenvalue weighted by Crippen LogP contribution is 2.44. The molecule has 11 heavy (non-hydrogen) atoms. The van der Waals surface area contributed by atoms with Crippen LogP contribution in [0.25, 0.3) is 0 Å². The number of hydrogen-bond donors (Lipinski definition) is 2. The number of likely N-dealkylation sites (N-methyl/N-ethyl adjacent to an activating group) is 2. The largest absolute Gasteiger partial charge is 0.318 e. The van der Waals surface area contributed by atoms with E-state index in [0.29, 0.717) is 6.54 Å². The first-order chi connectivity index (χ1) is 5.04. The molecule has 2 nitrogen and oxygen atoms in total. The van der Waals surface area contributed by atoms with Crippen molar-refractivity contribution >= 4 is 0 Å². The van der Waals surface area contributed by atoms with Crippen molar-refractivity contribution in [1.82, 2.24) is 10.6 Å². The second-order valence-corrected chi connectivity index (χ2v) is 3.27. The Bertz CT molecular complexity index is 139. The van der Waals surface area contributed by atoms with Gasteiger partial charge in [0, 0.05) is 24.9 Å². The minimum atomic E-state index is -2.44. The van der Waals surface area contributed by atoms with Crippen LogP contribution in [0.2, 0.25) is 0 Å². The van der Waals surface area contributed by atoms with Crippen molar-refractivity contribution in [3.8, 4) is 0 Å². The third kappa shape index (κ3) is 1.68. The molecule has 0 aliphatic heterocycles. The first-order valence-electron chi connectivity index (χ1n) is 3.75. The van der Waals surface area contributed by atoms with E-state index in [1.165, 1.54) is 0 Å². The molecule has 0 amide bonds. The molecule has 66 valence electrons. The molecule has 0 aromatic carbocycles. The molecule has 0 spiro atoms. The van der Waals surface area contributed by atoms with Gasteiger partial charge in [0.2, 0.25) is 0 Å². The van der Waals surface area contributed by atoms with E-state index in [4.69, 9.17) is 0 Å². The van der Waals surface area contributed by atoms with E-state index in [1.807, 2.05) is 0 Å². The molecular formula is C7H14F2N2. The minimum Gasteiger partial charge on any atom is -0.318 e. The summed E-state index contributed by atoms with van der Waals surface area (Å²) in [5, 5.41) is 5.83. The van der Waals surface area contributed by atoms with Crippen LogP contribution in [0, 0.1) is 0 Å². The highest BCUT2D eigenvalue weighted by Gasteiger charge is 2.55. The Hall–Kier alpha value is -0.220. The first-order valence-corrected chi connectivity index (χ1v) is 3.75. The lowest BCUT2D eigenvalue weighted by Gasteiger charge is -2.47. The molecule has 1 rings (SSSR count). The summed E-state index contributed by atoms with van der Waals surface area (Å²) < 4.78 is 25.0. The SMILES string of the molecule is CNCC1(NC)CC(F)(F)C1. The summed E-state index contributed by atoms with van der Waals surface area (Å²) in [7, 11) is 3.50. The lowest BCUT2D eigenvalue weighted by Crippen LogP contribution is -2.64. The molecule has 0 heterocycles. The van der Waals surface area contributed by atoms with Crippen LogP contribution in [-0.4, -0.2) is 32.1 Å². The second kappa shape index (κ2) is 2.68. The summed E-state index contributed by atoms with van der Waals surface area (Å²) in [5.41, 5.74) is -0.363. The zero-order chi connectivity index (χ0) is 8.54. The van der Waals surface area contributed by atoms with Crippen molar-refractivity contribution in [2.24, 2.45) is 0 Å². The Labute approximate surface area is 65.4 Å². The van der Waals surface area contributed by atoms with Gasteiger partial charge < -0.3 is 10.6 Å². The van der Waals surface area contributed by atoms with Gasteiger partial charge in [-0.05, 0) is 14.1 Å². The van der Waals surface area contributed by atoms with E-state index in [2.05, 4.69) is 10.6 Å². The fourth-order valence-corrected chi connectivity index (χ4v) is 1.67. The molecule has 0 atom stereocenters. The number of rotatable bonds is 3. The molecule has 1 fully saturated rings. The molecule has 0 bridgehead atoms. The predicted octanol–water partition coefficient (Wildman–Crippen LogP) is 0.593. The summed E-state index contributed by atoms with van der Waals surface area (Å²) in [4.78, 5) is 0. The van der Waals surface area contributed by atoms with Gasteiger partial charge in [0.1, 0.15) is 0 Å². The summed E-state index contributed by atoms with van der Waals surface area (Å²) >= 11 is 0. The third-order valence-corrected chi connectivity index (χ3v) is 2.24. The highest BCUT2D eigenvalue weighted by atomic mass is 19.3. The lowest BCUT2D eigenvalue weighted by molar-refractivity contribution is -0.130. The van der Waals surface area contributed by atoms with Crippen molar-refractivity contribution in [1.29, 1.82) is 0 Å². The van der Waals surface area contributed by atoms with Gasteiger partial charge in [-0.25, -0.2) is 8.78 Å². The van der Waals surface area contributed by atoms with Gasteiger partial charge in [0.15, 0.2) is 0 Å².